The van der Waals surface area contributed by atoms with Crippen LogP contribution in [0.3, 0.4) is 0 Å². The molecule has 44 valence electrons. The molecule has 0 atom stereocenters. The largest absolute Gasteiger partial charge is 0.328 e. The van der Waals surface area contributed by atoms with E-state index in [0.717, 1.165) is 6.54 Å². The van der Waals surface area contributed by atoms with Crippen LogP contribution < -0.4 is 11.2 Å². The lowest BCUT2D eigenvalue weighted by Gasteiger charge is -1.97. The molecule has 0 heterocycles. The molecule has 0 rings (SSSR count). The van der Waals surface area contributed by atoms with Crippen molar-refractivity contribution in [3.05, 3.63) is 0 Å². The summed E-state index contributed by atoms with van der Waals surface area (Å²) in [6.07, 6.45) is 0. The Morgan fingerprint density at radius 2 is 2.43 bits per heavy atom. The molecule has 0 aromatic carbocycles. The maximum atomic E-state index is 5.10. The van der Waals surface area contributed by atoms with Crippen molar-refractivity contribution in [1.82, 2.24) is 5.48 Å². The summed E-state index contributed by atoms with van der Waals surface area (Å²) in [6, 6.07) is 0. The van der Waals surface area contributed by atoms with Crippen LogP contribution in [0.15, 0.2) is 0 Å². The number of hydrogen-bond acceptors (Lipinski definition) is 3. The molecule has 0 aliphatic rings. The molecular weight excluding hydrogens is 92.1 g/mol. The number of nitrogens with one attached hydrogen (secondary N) is 1. The van der Waals surface area contributed by atoms with E-state index >= 15 is 0 Å². The monoisotopic (exact) mass is 104 g/mol. The predicted molar refractivity (Wildman–Crippen MR) is 28.7 cm³/mol. The molecule has 0 aliphatic carbocycles. The van der Waals surface area contributed by atoms with Gasteiger partial charge in [-0.25, -0.2) is 5.48 Å². The van der Waals surface area contributed by atoms with E-state index < -0.39 is 0 Å². The summed E-state index contributed by atoms with van der Waals surface area (Å²) in [5.74, 6) is 0. The van der Waals surface area contributed by atoms with Gasteiger partial charge in [-0.2, -0.15) is 0 Å². The van der Waals surface area contributed by atoms with Crippen LogP contribution in [0.25, 0.3) is 0 Å². The lowest BCUT2D eigenvalue weighted by Crippen LogP contribution is -2.18. The predicted octanol–water partition coefficient (Wildman–Crippen LogP) is -0.514. The average molecular weight is 104 g/mol. The van der Waals surface area contributed by atoms with Crippen LogP contribution in [0, 0.1) is 0 Å². The molecule has 0 aliphatic heterocycles. The van der Waals surface area contributed by atoms with Gasteiger partial charge in [0.25, 0.3) is 0 Å². The number of hydrogen-bond donors (Lipinski definition) is 2. The molecule has 3 nitrogen and oxygen atoms in total. The molecule has 0 aromatic heterocycles. The zero-order valence-corrected chi connectivity index (χ0v) is 4.61. The van der Waals surface area contributed by atoms with Gasteiger partial charge >= 0.3 is 0 Å². The molecule has 0 bridgehead atoms. The van der Waals surface area contributed by atoms with Gasteiger partial charge in [0.05, 0.1) is 6.61 Å². The Morgan fingerprint density at radius 1 is 1.71 bits per heavy atom. The van der Waals surface area contributed by atoms with E-state index in [4.69, 9.17) is 10.6 Å². The van der Waals surface area contributed by atoms with E-state index in [1.54, 1.807) is 0 Å². The summed E-state index contributed by atoms with van der Waals surface area (Å²) in [6.45, 7) is 3.97. The van der Waals surface area contributed by atoms with Gasteiger partial charge in [0.1, 0.15) is 0 Å². The normalized spacial score (nSPS) is 9.43. The fourth-order valence-electron chi connectivity index (χ4n) is 0.233. The maximum Gasteiger partial charge on any atom is 0.0804 e. The highest BCUT2D eigenvalue weighted by Crippen LogP contribution is 1.59. The third-order valence-electron chi connectivity index (χ3n) is 0.466. The van der Waals surface area contributed by atoms with Crippen molar-refractivity contribution in [3.8, 4) is 0 Å². The van der Waals surface area contributed by atoms with Gasteiger partial charge in [-0.05, 0) is 0 Å². The van der Waals surface area contributed by atoms with E-state index in [0.29, 0.717) is 13.2 Å². The Kier molecular flexibility index (Phi) is 5.78. The van der Waals surface area contributed by atoms with Crippen molar-refractivity contribution in [3.63, 3.8) is 0 Å². The quantitative estimate of drug-likeness (QED) is 0.373. The third kappa shape index (κ3) is 5.88. The summed E-state index contributed by atoms with van der Waals surface area (Å²) in [4.78, 5) is 4.76. The molecule has 0 saturated carbocycles. The van der Waals surface area contributed by atoms with Crippen molar-refractivity contribution < 1.29 is 4.84 Å². The first-order chi connectivity index (χ1) is 3.41. The summed E-state index contributed by atoms with van der Waals surface area (Å²) < 4.78 is 0. The molecule has 0 spiro atoms. The van der Waals surface area contributed by atoms with Crippen molar-refractivity contribution >= 4 is 0 Å². The van der Waals surface area contributed by atoms with Gasteiger partial charge in [0.15, 0.2) is 0 Å². The van der Waals surface area contributed by atoms with Crippen LogP contribution in [-0.2, 0) is 4.84 Å². The fourth-order valence-corrected chi connectivity index (χ4v) is 0.233. The smallest absolute Gasteiger partial charge is 0.0804 e. The first-order valence-corrected chi connectivity index (χ1v) is 2.46. The van der Waals surface area contributed by atoms with Crippen LogP contribution in [0.5, 0.6) is 0 Å². The van der Waals surface area contributed by atoms with Crippen molar-refractivity contribution in [2.45, 2.75) is 6.92 Å². The molecule has 0 amide bonds. The van der Waals surface area contributed by atoms with E-state index in [1.807, 2.05) is 6.92 Å². The average Bonchev–Trinajstić information content (AvgIpc) is 1.69. The minimum atomic E-state index is 0.576. The lowest BCUT2D eigenvalue weighted by molar-refractivity contribution is 0.0504. The highest BCUT2D eigenvalue weighted by Gasteiger charge is 1.75. The van der Waals surface area contributed by atoms with Crippen molar-refractivity contribution in [2.24, 2.45) is 5.73 Å². The zero-order chi connectivity index (χ0) is 5.54. The van der Waals surface area contributed by atoms with E-state index in [-0.39, 0.29) is 0 Å². The van der Waals surface area contributed by atoms with Gasteiger partial charge in [-0.15, -0.1) is 0 Å². The molecule has 0 aromatic rings. The van der Waals surface area contributed by atoms with Gasteiger partial charge in [0, 0.05) is 13.1 Å². The van der Waals surface area contributed by atoms with Crippen LogP contribution >= 0.6 is 0 Å². The third-order valence-corrected chi connectivity index (χ3v) is 0.466. The van der Waals surface area contributed by atoms with Crippen molar-refractivity contribution in [2.75, 3.05) is 19.7 Å². The van der Waals surface area contributed by atoms with Crippen LogP contribution in [0.4, 0.5) is 0 Å². The van der Waals surface area contributed by atoms with Crippen molar-refractivity contribution in [1.29, 1.82) is 0 Å². The van der Waals surface area contributed by atoms with Crippen LogP contribution in [0.1, 0.15) is 6.92 Å². The molecule has 0 fully saturated rings. The zero-order valence-electron chi connectivity index (χ0n) is 4.61. The van der Waals surface area contributed by atoms with Gasteiger partial charge in [-0.1, -0.05) is 6.92 Å². The summed E-state index contributed by atoms with van der Waals surface area (Å²) in [5, 5.41) is 0. The molecule has 3 N–H and O–H groups in total. The van der Waals surface area contributed by atoms with E-state index in [1.165, 1.54) is 0 Å². The fraction of sp³-hybridized carbons (Fsp3) is 1.00. The van der Waals surface area contributed by atoms with Crippen LogP contribution in [0.2, 0.25) is 0 Å². The van der Waals surface area contributed by atoms with Gasteiger partial charge < -0.3 is 10.6 Å². The highest BCUT2D eigenvalue weighted by atomic mass is 16.6. The lowest BCUT2D eigenvalue weighted by atomic mass is 10.7. The second-order valence-corrected chi connectivity index (χ2v) is 1.14. The van der Waals surface area contributed by atoms with Gasteiger partial charge in [0.2, 0.25) is 0 Å². The number of rotatable bonds is 4. The Bertz CT molecular complexity index is 28.9. The molecule has 7 heavy (non-hydrogen) atoms. The minimum absolute atomic E-state index is 0.576. The molecule has 0 radical (unpaired) electrons. The standard InChI is InChI=1S/C4H12N2O/c1-2-6-7-4-3-5/h6H,2-5H2,1H3. The minimum Gasteiger partial charge on any atom is -0.328 e. The topological polar surface area (TPSA) is 47.3 Å². The Balaban J connectivity index is 2.45. The summed E-state index contributed by atoms with van der Waals surface area (Å²) in [5.41, 5.74) is 7.77. The summed E-state index contributed by atoms with van der Waals surface area (Å²) >= 11 is 0. The first kappa shape index (κ1) is 6.88. The number of hydroxylamine groups is 1. The second kappa shape index (κ2) is 5.88. The molecular formula is C4H12N2O. The maximum absolute atomic E-state index is 5.10. The summed E-state index contributed by atoms with van der Waals surface area (Å²) in [7, 11) is 0. The first-order valence-electron chi connectivity index (χ1n) is 2.46. The van der Waals surface area contributed by atoms with Gasteiger partial charge in [-0.3, -0.25) is 0 Å². The SMILES string of the molecule is CCNOCCN. The number of nitrogens with two attached hydrogens (primary N) is 1. The molecule has 0 unspecified atom stereocenters. The highest BCUT2D eigenvalue weighted by molar-refractivity contribution is 4.24. The Morgan fingerprint density at radius 3 is 2.86 bits per heavy atom. The molecule has 3 heteroatoms. The van der Waals surface area contributed by atoms with Crippen LogP contribution in [-0.4, -0.2) is 19.7 Å². The van der Waals surface area contributed by atoms with E-state index in [9.17, 15) is 0 Å². The Hall–Kier alpha value is -0.120. The molecule has 0 saturated heterocycles. The second-order valence-electron chi connectivity index (χ2n) is 1.14. The van der Waals surface area contributed by atoms with E-state index in [2.05, 4.69) is 5.48 Å². The Labute approximate surface area is 43.8 Å².